The van der Waals surface area contributed by atoms with E-state index in [2.05, 4.69) is 22.6 Å². The summed E-state index contributed by atoms with van der Waals surface area (Å²) >= 11 is 4.10. The molecular weight excluding hydrogens is 703 g/mol. The Balaban J connectivity index is 1.37. The highest BCUT2D eigenvalue weighted by molar-refractivity contribution is 14.1. The molecule has 182 valence electrons. The average Bonchev–Trinajstić information content (AvgIpc) is 3.26. The van der Waals surface area contributed by atoms with Gasteiger partial charge in [0.2, 0.25) is 0 Å². The second-order valence-corrected chi connectivity index (χ2v) is 11.6. The number of carbonyl (C=O) groups is 2. The number of fused-ring (bicyclic) bond motifs is 4. The topological polar surface area (TPSA) is 125 Å². The van der Waals surface area contributed by atoms with Crippen molar-refractivity contribution in [2.24, 2.45) is 5.92 Å². The second kappa shape index (κ2) is 8.63. The van der Waals surface area contributed by atoms with Gasteiger partial charge in [0.25, 0.3) is 5.79 Å². The first-order valence-corrected chi connectivity index (χ1v) is 13.1. The van der Waals surface area contributed by atoms with E-state index in [1.165, 1.54) is 0 Å². The summed E-state index contributed by atoms with van der Waals surface area (Å²) < 4.78 is 93.2. The summed E-state index contributed by atoms with van der Waals surface area (Å²) in [6.45, 7) is -0.834. The van der Waals surface area contributed by atoms with E-state index in [1.54, 1.807) is 6.07 Å². The first-order chi connectivity index (χ1) is 15.2. The SMILES string of the molecule is O=C1OC2(CC3OC2CC3C(=O)OCCC(F)C(F)(F)S(=O)(=O)O)Oc2c(I)cc(I)cc21. The maximum atomic E-state index is 13.5. The Hall–Kier alpha value is -0.920. The molecule has 3 aliphatic heterocycles. The largest absolute Gasteiger partial charge is 0.465 e. The van der Waals surface area contributed by atoms with Crippen LogP contribution in [0.5, 0.6) is 5.75 Å². The predicted octanol–water partition coefficient (Wildman–Crippen LogP) is 3.07. The van der Waals surface area contributed by atoms with Crippen LogP contribution in [-0.4, -0.2) is 60.9 Å². The van der Waals surface area contributed by atoms with E-state index in [4.69, 9.17) is 23.5 Å². The van der Waals surface area contributed by atoms with Crippen molar-refractivity contribution in [1.29, 1.82) is 0 Å². The maximum absolute atomic E-state index is 13.5. The summed E-state index contributed by atoms with van der Waals surface area (Å²) in [5.74, 6) is -3.33. The summed E-state index contributed by atoms with van der Waals surface area (Å²) in [5.41, 5.74) is 0.276. The monoisotopic (exact) mass is 718 g/mol. The van der Waals surface area contributed by atoms with Gasteiger partial charge in [-0.2, -0.15) is 17.2 Å². The average molecular weight is 718 g/mol. The summed E-state index contributed by atoms with van der Waals surface area (Å²) in [5, 5.41) is -5.02. The molecule has 15 heteroatoms. The molecule has 0 saturated carbocycles. The Morgan fingerprint density at radius 3 is 2.64 bits per heavy atom. The van der Waals surface area contributed by atoms with E-state index in [-0.39, 0.29) is 18.4 Å². The highest BCUT2D eigenvalue weighted by Crippen LogP contribution is 2.51. The number of alkyl halides is 3. The van der Waals surface area contributed by atoms with Gasteiger partial charge < -0.3 is 18.9 Å². The van der Waals surface area contributed by atoms with E-state index >= 15 is 0 Å². The van der Waals surface area contributed by atoms with Crippen LogP contribution in [0.2, 0.25) is 0 Å². The molecule has 0 amide bonds. The molecule has 0 radical (unpaired) electrons. The minimum atomic E-state index is -5.95. The summed E-state index contributed by atoms with van der Waals surface area (Å²) in [6.07, 6.45) is -5.87. The minimum absolute atomic E-state index is 0.0250. The standard InChI is InChI=1S/C18H15F3I2O9S/c19-12(18(20,21)33(26,27)28)1-2-29-15(24)8-5-13-17(6-11(8)30-13)31-14-9(16(25)32-17)3-7(22)4-10(14)23/h3-4,8,11-13H,1-2,5-6H2,(H,26,27,28). The third-order valence-corrected chi connectivity index (χ3v) is 8.00. The number of ether oxygens (including phenoxy) is 4. The molecule has 2 bridgehead atoms. The van der Waals surface area contributed by atoms with Crippen LogP contribution in [0.1, 0.15) is 29.6 Å². The fourth-order valence-electron chi connectivity index (χ4n) is 4.01. The lowest BCUT2D eigenvalue weighted by molar-refractivity contribution is -0.186. The highest BCUT2D eigenvalue weighted by atomic mass is 127. The van der Waals surface area contributed by atoms with Crippen molar-refractivity contribution in [2.45, 2.75) is 48.7 Å². The highest BCUT2D eigenvalue weighted by Gasteiger charge is 2.65. The molecule has 9 nitrogen and oxygen atoms in total. The lowest BCUT2D eigenvalue weighted by atomic mass is 9.84. The van der Waals surface area contributed by atoms with Crippen LogP contribution >= 0.6 is 45.2 Å². The van der Waals surface area contributed by atoms with Crippen molar-refractivity contribution in [2.75, 3.05) is 6.61 Å². The Morgan fingerprint density at radius 2 is 2.03 bits per heavy atom. The van der Waals surface area contributed by atoms with Crippen LogP contribution in [0.25, 0.3) is 0 Å². The summed E-state index contributed by atoms with van der Waals surface area (Å²) in [7, 11) is -5.95. The van der Waals surface area contributed by atoms with E-state index in [0.29, 0.717) is 9.32 Å². The smallest absolute Gasteiger partial charge is 0.400 e. The summed E-state index contributed by atoms with van der Waals surface area (Å²) in [4.78, 5) is 24.9. The molecule has 1 N–H and O–H groups in total. The lowest BCUT2D eigenvalue weighted by Gasteiger charge is -2.39. The molecule has 2 fully saturated rings. The molecule has 2 saturated heterocycles. The molecule has 33 heavy (non-hydrogen) atoms. The van der Waals surface area contributed by atoms with Gasteiger partial charge in [0.1, 0.15) is 11.7 Å². The van der Waals surface area contributed by atoms with Gasteiger partial charge >= 0.3 is 27.3 Å². The minimum Gasteiger partial charge on any atom is -0.465 e. The number of rotatable bonds is 6. The van der Waals surface area contributed by atoms with Crippen molar-refractivity contribution in [3.05, 3.63) is 24.8 Å². The van der Waals surface area contributed by atoms with Crippen LogP contribution < -0.4 is 4.74 Å². The van der Waals surface area contributed by atoms with Crippen molar-refractivity contribution < 1.29 is 54.7 Å². The molecule has 0 aliphatic carbocycles. The zero-order valence-corrected chi connectivity index (χ0v) is 21.4. The lowest BCUT2D eigenvalue weighted by Crippen LogP contribution is -2.53. The van der Waals surface area contributed by atoms with Gasteiger partial charge in [0, 0.05) is 9.99 Å². The first kappa shape index (κ1) is 25.2. The van der Waals surface area contributed by atoms with Crippen LogP contribution in [0.15, 0.2) is 12.1 Å². The molecule has 1 aromatic carbocycles. The van der Waals surface area contributed by atoms with Gasteiger partial charge in [-0.1, -0.05) is 0 Å². The quantitative estimate of drug-likeness (QED) is 0.269. The van der Waals surface area contributed by atoms with Gasteiger partial charge in [-0.3, -0.25) is 9.35 Å². The normalized spacial score (nSPS) is 29.4. The number of benzene rings is 1. The van der Waals surface area contributed by atoms with Gasteiger partial charge in [-0.25, -0.2) is 9.18 Å². The molecule has 3 aliphatic rings. The Bertz CT molecular complexity index is 1120. The third-order valence-electron chi connectivity index (χ3n) is 5.63. The summed E-state index contributed by atoms with van der Waals surface area (Å²) in [6, 6.07) is 3.45. The van der Waals surface area contributed by atoms with E-state index in [0.717, 1.165) is 3.57 Å². The maximum Gasteiger partial charge on any atom is 0.400 e. The molecule has 5 atom stereocenters. The predicted molar refractivity (Wildman–Crippen MR) is 119 cm³/mol. The number of hydrogen-bond donors (Lipinski definition) is 1. The fourth-order valence-corrected chi connectivity index (χ4v) is 6.41. The third kappa shape index (κ3) is 4.42. The van der Waals surface area contributed by atoms with E-state index in [9.17, 15) is 31.2 Å². The van der Waals surface area contributed by atoms with Crippen LogP contribution in [0, 0.1) is 13.1 Å². The molecular formula is C18H15F3I2O9S. The van der Waals surface area contributed by atoms with Crippen LogP contribution in [-0.2, 0) is 29.1 Å². The Labute approximate surface area is 212 Å². The number of esters is 2. The van der Waals surface area contributed by atoms with Crippen LogP contribution in [0.3, 0.4) is 0 Å². The zero-order chi connectivity index (χ0) is 24.3. The second-order valence-electron chi connectivity index (χ2n) is 7.74. The van der Waals surface area contributed by atoms with Crippen LogP contribution in [0.4, 0.5) is 13.2 Å². The molecule has 3 heterocycles. The number of hydrogen-bond acceptors (Lipinski definition) is 8. The van der Waals surface area contributed by atoms with Gasteiger partial charge in [0.05, 0.1) is 28.6 Å². The Morgan fingerprint density at radius 1 is 1.33 bits per heavy atom. The molecule has 1 aromatic rings. The van der Waals surface area contributed by atoms with Crippen molar-refractivity contribution in [1.82, 2.24) is 0 Å². The molecule has 1 spiro atoms. The van der Waals surface area contributed by atoms with Crippen molar-refractivity contribution in [3.8, 4) is 5.75 Å². The van der Waals surface area contributed by atoms with E-state index < -0.39 is 70.4 Å². The molecule has 0 aromatic heterocycles. The number of halogens is 5. The number of carbonyl (C=O) groups excluding carboxylic acids is 2. The molecule has 5 unspecified atom stereocenters. The van der Waals surface area contributed by atoms with Gasteiger partial charge in [-0.15, -0.1) is 0 Å². The van der Waals surface area contributed by atoms with Crippen molar-refractivity contribution in [3.63, 3.8) is 0 Å². The van der Waals surface area contributed by atoms with Gasteiger partial charge in [0.15, 0.2) is 11.9 Å². The molecule has 4 rings (SSSR count). The first-order valence-electron chi connectivity index (χ1n) is 9.47. The van der Waals surface area contributed by atoms with E-state index in [1.807, 2.05) is 28.7 Å². The zero-order valence-electron chi connectivity index (χ0n) is 16.3. The Kier molecular flexibility index (Phi) is 6.59. The van der Waals surface area contributed by atoms with Crippen molar-refractivity contribution >= 4 is 67.2 Å². The van der Waals surface area contributed by atoms with Gasteiger partial charge in [-0.05, 0) is 63.7 Å². The fraction of sp³-hybridized carbons (Fsp3) is 0.556.